The Morgan fingerprint density at radius 1 is 1.22 bits per heavy atom. The number of unbranched alkanes of at least 4 members (excludes halogenated alkanes) is 4. The van der Waals surface area contributed by atoms with E-state index in [0.717, 1.165) is 25.7 Å². The van der Waals surface area contributed by atoms with Gasteiger partial charge in [0.1, 0.15) is 17.7 Å². The van der Waals surface area contributed by atoms with Gasteiger partial charge in [-0.05, 0) is 51.9 Å². The number of aliphatic hydroxyl groups excluding tert-OH is 1. The number of ether oxygens (including phenoxy) is 2. The molecule has 6 atom stereocenters. The number of allylic oxidation sites excluding steroid dienone is 1. The Morgan fingerprint density at radius 2 is 2.00 bits per heavy atom. The average Bonchev–Trinajstić information content (AvgIpc) is 3.59. The second-order valence-corrected chi connectivity index (χ2v) is 11.5. The highest BCUT2D eigenvalue weighted by molar-refractivity contribution is 5.98. The molecule has 0 radical (unpaired) electrons. The molecule has 3 saturated heterocycles. The van der Waals surface area contributed by atoms with Gasteiger partial charge >= 0.3 is 5.97 Å². The highest BCUT2D eigenvalue weighted by Gasteiger charge is 2.75. The summed E-state index contributed by atoms with van der Waals surface area (Å²) in [6, 6.07) is -0.819. The van der Waals surface area contributed by atoms with E-state index >= 15 is 0 Å². The minimum absolute atomic E-state index is 0.0685. The quantitative estimate of drug-likeness (QED) is 0.138. The number of carbonyl (C=O) groups excluding carboxylic acids is 4. The second kappa shape index (κ2) is 15.5. The molecule has 0 saturated carbocycles. The van der Waals surface area contributed by atoms with E-state index in [4.69, 9.17) is 9.47 Å². The topological polar surface area (TPSA) is 125 Å². The fourth-order valence-electron chi connectivity index (χ4n) is 6.58. The minimum atomic E-state index is -1.08. The molecule has 0 aromatic rings. The van der Waals surface area contributed by atoms with Crippen molar-refractivity contribution in [2.75, 3.05) is 32.8 Å². The Kier molecular flexibility index (Phi) is 12.4. The maximum Gasteiger partial charge on any atom is 0.312 e. The van der Waals surface area contributed by atoms with Gasteiger partial charge in [0, 0.05) is 32.7 Å². The number of fused-ring (bicyclic) bond motifs is 1. The van der Waals surface area contributed by atoms with Crippen molar-refractivity contribution in [2.45, 2.75) is 102 Å². The van der Waals surface area contributed by atoms with Crippen LogP contribution in [0.4, 0.5) is 0 Å². The highest BCUT2D eigenvalue weighted by Crippen LogP contribution is 2.58. The molecule has 41 heavy (non-hydrogen) atoms. The van der Waals surface area contributed by atoms with Crippen LogP contribution < -0.4 is 5.32 Å². The van der Waals surface area contributed by atoms with Crippen molar-refractivity contribution < 1.29 is 33.8 Å². The van der Waals surface area contributed by atoms with Gasteiger partial charge < -0.3 is 29.7 Å². The van der Waals surface area contributed by atoms with Gasteiger partial charge in [-0.25, -0.2) is 0 Å². The molecule has 3 amide bonds. The Morgan fingerprint density at radius 3 is 2.68 bits per heavy atom. The fourth-order valence-corrected chi connectivity index (χ4v) is 6.58. The largest absolute Gasteiger partial charge is 0.460 e. The molecule has 0 unspecified atom stereocenters. The molecule has 3 aliphatic heterocycles. The van der Waals surface area contributed by atoms with Crippen LogP contribution in [0.3, 0.4) is 0 Å². The van der Waals surface area contributed by atoms with Gasteiger partial charge in [-0.1, -0.05) is 31.9 Å². The lowest BCUT2D eigenvalue weighted by Crippen LogP contribution is -2.56. The predicted octanol–water partition coefficient (Wildman–Crippen LogP) is 2.74. The maximum absolute atomic E-state index is 14.2. The van der Waals surface area contributed by atoms with E-state index in [1.807, 2.05) is 0 Å². The summed E-state index contributed by atoms with van der Waals surface area (Å²) in [6.07, 6.45) is 9.08. The van der Waals surface area contributed by atoms with Gasteiger partial charge in [-0.15, -0.1) is 13.2 Å². The lowest BCUT2D eigenvalue weighted by molar-refractivity contribution is -0.159. The van der Waals surface area contributed by atoms with Crippen LogP contribution >= 0.6 is 0 Å². The molecule has 2 N–H and O–H groups in total. The zero-order chi connectivity index (χ0) is 30.0. The summed E-state index contributed by atoms with van der Waals surface area (Å²) in [7, 11) is 0. The van der Waals surface area contributed by atoms with Gasteiger partial charge in [0.05, 0.1) is 24.5 Å². The van der Waals surface area contributed by atoms with E-state index < -0.39 is 41.7 Å². The fraction of sp³-hybridized carbons (Fsp3) is 0.742. The molecule has 230 valence electrons. The first-order chi connectivity index (χ1) is 19.7. The van der Waals surface area contributed by atoms with Crippen LogP contribution in [0.5, 0.6) is 0 Å². The maximum atomic E-state index is 14.2. The zero-order valence-electron chi connectivity index (χ0n) is 24.9. The predicted molar refractivity (Wildman–Crippen MR) is 155 cm³/mol. The van der Waals surface area contributed by atoms with Crippen molar-refractivity contribution in [3.63, 3.8) is 0 Å². The van der Waals surface area contributed by atoms with Crippen LogP contribution in [-0.4, -0.2) is 95.2 Å². The average molecular weight is 576 g/mol. The van der Waals surface area contributed by atoms with Crippen LogP contribution in [0.25, 0.3) is 0 Å². The number of esters is 1. The van der Waals surface area contributed by atoms with Crippen molar-refractivity contribution in [3.05, 3.63) is 25.3 Å². The van der Waals surface area contributed by atoms with Gasteiger partial charge in [0.2, 0.25) is 17.7 Å². The molecule has 0 aromatic heterocycles. The molecule has 3 rings (SSSR count). The van der Waals surface area contributed by atoms with E-state index in [9.17, 15) is 24.3 Å². The molecule has 10 heteroatoms. The summed E-state index contributed by atoms with van der Waals surface area (Å²) in [5.41, 5.74) is -1.08. The Labute approximate surface area is 244 Å². The number of carbonyl (C=O) groups is 4. The lowest BCUT2D eigenvalue weighted by Gasteiger charge is -2.37. The first kappa shape index (κ1) is 32.8. The number of hydrogen-bond donors (Lipinski definition) is 2. The third-order valence-corrected chi connectivity index (χ3v) is 8.54. The van der Waals surface area contributed by atoms with Gasteiger partial charge in [0.25, 0.3) is 0 Å². The number of aliphatic hydroxyl groups is 1. The van der Waals surface area contributed by atoms with Crippen molar-refractivity contribution in [3.8, 4) is 0 Å². The van der Waals surface area contributed by atoms with Crippen molar-refractivity contribution in [1.82, 2.24) is 15.1 Å². The standard InChI is InChI=1S/C31H49N3O7/c1-5-8-11-18-33(17-7-3)29(38)27-31-16-15-23(41-31)25(26(31)28(37)34(27)19-12-10-13-20-35)30(39)40-22(4)21-32-24(36)14-9-6-2/h6-7,22-23,25-27,35H,2-3,5,8-21H2,1,4H3,(H,32,36)/t22-,23-,25+,26+,27-,31+/m1/s1. The smallest absolute Gasteiger partial charge is 0.312 e. The van der Waals surface area contributed by atoms with E-state index in [0.29, 0.717) is 58.2 Å². The Bertz CT molecular complexity index is 956. The zero-order valence-corrected chi connectivity index (χ0v) is 24.9. The lowest BCUT2D eigenvalue weighted by atomic mass is 9.70. The summed E-state index contributed by atoms with van der Waals surface area (Å²) in [4.78, 5) is 57.1. The monoisotopic (exact) mass is 575 g/mol. The summed E-state index contributed by atoms with van der Waals surface area (Å²) in [6.45, 7) is 12.8. The first-order valence-corrected chi connectivity index (χ1v) is 15.3. The molecular weight excluding hydrogens is 526 g/mol. The number of amides is 3. The van der Waals surface area contributed by atoms with E-state index in [1.54, 1.807) is 28.9 Å². The number of rotatable bonds is 19. The van der Waals surface area contributed by atoms with Gasteiger partial charge in [0.15, 0.2) is 0 Å². The first-order valence-electron chi connectivity index (χ1n) is 15.3. The van der Waals surface area contributed by atoms with Crippen molar-refractivity contribution >= 4 is 23.7 Å². The van der Waals surface area contributed by atoms with Gasteiger partial charge in [-0.3, -0.25) is 19.2 Å². The van der Waals surface area contributed by atoms with Crippen LogP contribution in [0.1, 0.15) is 78.1 Å². The molecular formula is C31H49N3O7. The van der Waals surface area contributed by atoms with Gasteiger partial charge in [-0.2, -0.15) is 0 Å². The van der Waals surface area contributed by atoms with Crippen molar-refractivity contribution in [2.24, 2.45) is 11.8 Å². The summed E-state index contributed by atoms with van der Waals surface area (Å²) >= 11 is 0. The Hall–Kier alpha value is -2.72. The van der Waals surface area contributed by atoms with Crippen LogP contribution in [0.15, 0.2) is 25.3 Å². The summed E-state index contributed by atoms with van der Waals surface area (Å²) in [5, 5.41) is 12.0. The van der Waals surface area contributed by atoms with Crippen LogP contribution in [0, 0.1) is 11.8 Å². The SMILES string of the molecule is C=CCCC(=O)NC[C@@H](C)OC(=O)[C@@H]1[C@H]2C(=O)N(CCCCCO)[C@H](C(=O)N(CC=C)CCCCC)[C@]23CC[C@H]1O3. The number of likely N-dealkylation sites (tertiary alicyclic amines) is 1. The molecule has 0 aliphatic carbocycles. The third kappa shape index (κ3) is 7.38. The molecule has 3 heterocycles. The number of hydrogen-bond acceptors (Lipinski definition) is 7. The minimum Gasteiger partial charge on any atom is -0.460 e. The highest BCUT2D eigenvalue weighted by atomic mass is 16.6. The molecule has 3 aliphatic rings. The van der Waals surface area contributed by atoms with Crippen LogP contribution in [-0.2, 0) is 28.7 Å². The number of nitrogens with zero attached hydrogens (tertiary/aromatic N) is 2. The molecule has 3 fully saturated rings. The third-order valence-electron chi connectivity index (χ3n) is 8.54. The van der Waals surface area contributed by atoms with E-state index in [-0.39, 0.29) is 30.9 Å². The molecule has 2 bridgehead atoms. The van der Waals surface area contributed by atoms with E-state index in [1.165, 1.54) is 0 Å². The summed E-state index contributed by atoms with van der Waals surface area (Å²) < 4.78 is 12.2. The van der Waals surface area contributed by atoms with Crippen LogP contribution in [0.2, 0.25) is 0 Å². The Balaban J connectivity index is 1.81. The van der Waals surface area contributed by atoms with Crippen molar-refractivity contribution in [1.29, 1.82) is 0 Å². The molecule has 1 spiro atoms. The normalized spacial score (nSPS) is 26.9. The molecule has 0 aromatic carbocycles. The van der Waals surface area contributed by atoms with E-state index in [2.05, 4.69) is 25.4 Å². The summed E-state index contributed by atoms with van der Waals surface area (Å²) in [5.74, 6) is -2.68. The number of nitrogens with one attached hydrogen (secondary N) is 1. The second-order valence-electron chi connectivity index (χ2n) is 11.5. The molecule has 10 nitrogen and oxygen atoms in total.